The largest absolute Gasteiger partial charge is 0.493 e. The van der Waals surface area contributed by atoms with E-state index in [9.17, 15) is 14.7 Å². The minimum atomic E-state index is -1.32. The van der Waals surface area contributed by atoms with Gasteiger partial charge in [-0.2, -0.15) is 0 Å². The lowest BCUT2D eigenvalue weighted by Gasteiger charge is -2.13. The Hall–Kier alpha value is -2.46. The number of rotatable bonds is 7. The molecular weight excluding hydrogens is 501 g/mol. The highest BCUT2D eigenvalue weighted by Gasteiger charge is 2.18. The minimum absolute atomic E-state index is 0.172. The second-order valence-corrected chi connectivity index (χ2v) is 7.05. The standard InChI is InChI=1S/C19H17ClINO6/c1-26-15-7-10(8-16(27-2)17(15)28-3)6-14(19(24)25)22-18(23)12-9-11(21)4-5-13(12)20/h4-9H,1-3H3,(H,22,23)(H,24,25)/b14-6-. The van der Waals surface area contributed by atoms with Crippen LogP contribution in [-0.2, 0) is 4.79 Å². The number of carbonyl (C=O) groups excluding carboxylic acids is 1. The van der Waals surface area contributed by atoms with Crippen LogP contribution in [0.2, 0.25) is 5.02 Å². The Kier molecular flexibility index (Phi) is 7.53. The summed E-state index contributed by atoms with van der Waals surface area (Å²) in [5, 5.41) is 12.1. The van der Waals surface area contributed by atoms with E-state index in [0.29, 0.717) is 22.8 Å². The molecule has 0 saturated carbocycles. The lowest BCUT2D eigenvalue weighted by atomic mass is 10.1. The van der Waals surface area contributed by atoms with Gasteiger partial charge >= 0.3 is 5.97 Å². The molecule has 2 N–H and O–H groups in total. The van der Waals surface area contributed by atoms with E-state index in [4.69, 9.17) is 25.8 Å². The van der Waals surface area contributed by atoms with Gasteiger partial charge in [-0.15, -0.1) is 0 Å². The monoisotopic (exact) mass is 517 g/mol. The number of benzene rings is 2. The van der Waals surface area contributed by atoms with Crippen molar-refractivity contribution in [2.24, 2.45) is 0 Å². The highest BCUT2D eigenvalue weighted by Crippen LogP contribution is 2.38. The van der Waals surface area contributed by atoms with Crippen molar-refractivity contribution in [3.05, 3.63) is 55.7 Å². The number of halogens is 2. The number of carboxylic acid groups (broad SMARTS) is 1. The maximum Gasteiger partial charge on any atom is 0.352 e. The highest BCUT2D eigenvalue weighted by molar-refractivity contribution is 14.1. The van der Waals surface area contributed by atoms with E-state index in [2.05, 4.69) is 5.32 Å². The molecule has 0 spiro atoms. The summed E-state index contributed by atoms with van der Waals surface area (Å²) in [6, 6.07) is 8.01. The summed E-state index contributed by atoms with van der Waals surface area (Å²) in [7, 11) is 4.36. The second-order valence-electron chi connectivity index (χ2n) is 5.40. The third-order valence-electron chi connectivity index (χ3n) is 3.65. The smallest absolute Gasteiger partial charge is 0.352 e. The third kappa shape index (κ3) is 5.08. The molecule has 28 heavy (non-hydrogen) atoms. The van der Waals surface area contributed by atoms with E-state index in [0.717, 1.165) is 3.57 Å². The molecule has 0 aromatic heterocycles. The molecule has 0 aliphatic rings. The minimum Gasteiger partial charge on any atom is -0.493 e. The normalized spacial score (nSPS) is 11.0. The zero-order chi connectivity index (χ0) is 20.8. The maximum atomic E-state index is 12.5. The Balaban J connectivity index is 2.44. The van der Waals surface area contributed by atoms with Crippen LogP contribution in [0.1, 0.15) is 15.9 Å². The van der Waals surface area contributed by atoms with Gasteiger partial charge < -0.3 is 24.6 Å². The van der Waals surface area contributed by atoms with Crippen LogP contribution in [0.5, 0.6) is 17.2 Å². The molecule has 0 saturated heterocycles. The first kappa shape index (κ1) is 21.8. The summed E-state index contributed by atoms with van der Waals surface area (Å²) in [4.78, 5) is 24.1. The van der Waals surface area contributed by atoms with Crippen LogP contribution < -0.4 is 19.5 Å². The highest BCUT2D eigenvalue weighted by atomic mass is 127. The van der Waals surface area contributed by atoms with Crippen molar-refractivity contribution in [3.63, 3.8) is 0 Å². The number of nitrogens with one attached hydrogen (secondary N) is 1. The predicted molar refractivity (Wildman–Crippen MR) is 113 cm³/mol. The molecule has 2 aromatic rings. The van der Waals surface area contributed by atoms with Gasteiger partial charge in [0.15, 0.2) is 11.5 Å². The zero-order valence-electron chi connectivity index (χ0n) is 15.2. The predicted octanol–water partition coefficient (Wildman–Crippen LogP) is 3.83. The summed E-state index contributed by atoms with van der Waals surface area (Å²) >= 11 is 8.08. The van der Waals surface area contributed by atoms with E-state index >= 15 is 0 Å². The van der Waals surface area contributed by atoms with Crippen molar-refractivity contribution < 1.29 is 28.9 Å². The van der Waals surface area contributed by atoms with Gasteiger partial charge in [-0.25, -0.2) is 4.79 Å². The molecule has 2 rings (SSSR count). The molecule has 0 radical (unpaired) electrons. The molecule has 0 fully saturated rings. The van der Waals surface area contributed by atoms with Crippen LogP contribution in [0.3, 0.4) is 0 Å². The number of amides is 1. The Labute approximate surface area is 180 Å². The quantitative estimate of drug-likeness (QED) is 0.428. The first-order valence-corrected chi connectivity index (χ1v) is 9.27. The van der Waals surface area contributed by atoms with Gasteiger partial charge in [0.1, 0.15) is 5.70 Å². The number of carbonyl (C=O) groups is 2. The van der Waals surface area contributed by atoms with Crippen LogP contribution in [-0.4, -0.2) is 38.3 Å². The fraction of sp³-hybridized carbons (Fsp3) is 0.158. The first-order valence-electron chi connectivity index (χ1n) is 7.82. The second kappa shape index (κ2) is 9.65. The van der Waals surface area contributed by atoms with Crippen molar-refractivity contribution in [1.29, 1.82) is 0 Å². The fourth-order valence-corrected chi connectivity index (χ4v) is 3.06. The SMILES string of the molecule is COc1cc(/C=C(\NC(=O)c2cc(I)ccc2Cl)C(=O)O)cc(OC)c1OC. The Bertz CT molecular complexity index is 919. The van der Waals surface area contributed by atoms with Crippen molar-refractivity contribution in [1.82, 2.24) is 5.32 Å². The molecule has 148 valence electrons. The molecule has 0 aliphatic carbocycles. The molecule has 0 unspecified atom stereocenters. The van der Waals surface area contributed by atoms with E-state index in [1.807, 2.05) is 22.6 Å². The summed E-state index contributed by atoms with van der Waals surface area (Å²) in [6.45, 7) is 0. The number of methoxy groups -OCH3 is 3. The zero-order valence-corrected chi connectivity index (χ0v) is 18.1. The van der Waals surface area contributed by atoms with E-state index in [1.54, 1.807) is 30.3 Å². The Morgan fingerprint density at radius 2 is 1.68 bits per heavy atom. The van der Waals surface area contributed by atoms with E-state index in [-0.39, 0.29) is 16.3 Å². The first-order chi connectivity index (χ1) is 13.3. The molecule has 7 nitrogen and oxygen atoms in total. The van der Waals surface area contributed by atoms with Gasteiger partial charge in [0.05, 0.1) is 31.9 Å². The average molecular weight is 518 g/mol. The van der Waals surface area contributed by atoms with Crippen molar-refractivity contribution in [3.8, 4) is 17.2 Å². The van der Waals surface area contributed by atoms with Crippen LogP contribution in [0, 0.1) is 3.57 Å². The summed E-state index contributed by atoms with van der Waals surface area (Å²) in [5.41, 5.74) is 0.265. The van der Waals surface area contributed by atoms with Gasteiger partial charge in [0.2, 0.25) is 5.75 Å². The maximum absolute atomic E-state index is 12.5. The number of ether oxygens (including phenoxy) is 3. The van der Waals surface area contributed by atoms with Crippen LogP contribution >= 0.6 is 34.2 Å². The molecule has 9 heteroatoms. The summed E-state index contributed by atoms with van der Waals surface area (Å²) in [5.74, 6) is -0.878. The lowest BCUT2D eigenvalue weighted by molar-refractivity contribution is -0.132. The fourth-order valence-electron chi connectivity index (χ4n) is 2.36. The lowest BCUT2D eigenvalue weighted by Crippen LogP contribution is -2.27. The topological polar surface area (TPSA) is 94.1 Å². The van der Waals surface area contributed by atoms with Gasteiger partial charge in [-0.3, -0.25) is 4.79 Å². The number of aliphatic carboxylic acids is 1. The van der Waals surface area contributed by atoms with Crippen LogP contribution in [0.4, 0.5) is 0 Å². The molecule has 0 heterocycles. The molecular formula is C19H17ClINO6. The van der Waals surface area contributed by atoms with Crippen molar-refractivity contribution >= 4 is 52.1 Å². The Morgan fingerprint density at radius 3 is 2.18 bits per heavy atom. The molecule has 1 amide bonds. The van der Waals surface area contributed by atoms with Gasteiger partial charge in [0.25, 0.3) is 5.91 Å². The summed E-state index contributed by atoms with van der Waals surface area (Å²) < 4.78 is 16.5. The molecule has 2 aromatic carbocycles. The van der Waals surface area contributed by atoms with Gasteiger partial charge in [-0.1, -0.05) is 11.6 Å². The third-order valence-corrected chi connectivity index (χ3v) is 4.65. The van der Waals surface area contributed by atoms with E-state index in [1.165, 1.54) is 27.4 Å². The number of hydrogen-bond acceptors (Lipinski definition) is 5. The average Bonchev–Trinajstić information content (AvgIpc) is 2.68. The Morgan fingerprint density at radius 1 is 1.07 bits per heavy atom. The molecule has 0 aliphatic heterocycles. The van der Waals surface area contributed by atoms with Crippen LogP contribution in [0.15, 0.2) is 36.0 Å². The number of carboxylic acids is 1. The molecule has 0 atom stereocenters. The molecule has 0 bridgehead atoms. The van der Waals surface area contributed by atoms with Crippen LogP contribution in [0.25, 0.3) is 6.08 Å². The van der Waals surface area contributed by atoms with Crippen molar-refractivity contribution in [2.45, 2.75) is 0 Å². The number of hydrogen-bond donors (Lipinski definition) is 2. The van der Waals surface area contributed by atoms with E-state index < -0.39 is 11.9 Å². The van der Waals surface area contributed by atoms with Gasteiger partial charge in [-0.05, 0) is 64.6 Å². The van der Waals surface area contributed by atoms with Gasteiger partial charge in [0, 0.05) is 3.57 Å². The summed E-state index contributed by atoms with van der Waals surface area (Å²) in [6.07, 6.45) is 1.28. The van der Waals surface area contributed by atoms with Crippen molar-refractivity contribution in [2.75, 3.05) is 21.3 Å².